The second kappa shape index (κ2) is 7.34. The molecule has 0 fully saturated rings. The van der Waals surface area contributed by atoms with E-state index < -0.39 is 0 Å². The lowest BCUT2D eigenvalue weighted by molar-refractivity contribution is -0.122. The molecule has 0 aliphatic heterocycles. The zero-order valence-corrected chi connectivity index (χ0v) is 14.8. The smallest absolute Gasteiger partial charge is 0.240 e. The van der Waals surface area contributed by atoms with E-state index in [9.17, 15) is 4.79 Å². The standard InChI is InChI=1S/C19H23N5O/c1-14-11-16(3)24(22-14)12-15(2)21-18(25)13-23-10-9-20-19(23)17-7-5-4-6-8-17/h4-11,15H,12-13H2,1-3H3,(H,21,25)/t15-/m0/s1. The molecule has 0 spiro atoms. The van der Waals surface area contributed by atoms with Crippen molar-refractivity contribution in [2.24, 2.45) is 0 Å². The summed E-state index contributed by atoms with van der Waals surface area (Å²) in [7, 11) is 0. The molecule has 0 aliphatic carbocycles. The number of benzene rings is 1. The van der Waals surface area contributed by atoms with Crippen molar-refractivity contribution in [3.63, 3.8) is 0 Å². The van der Waals surface area contributed by atoms with Crippen molar-refractivity contribution in [2.45, 2.75) is 39.9 Å². The Morgan fingerprint density at radius 1 is 1.24 bits per heavy atom. The van der Waals surface area contributed by atoms with Gasteiger partial charge in [0.05, 0.1) is 12.2 Å². The predicted octanol–water partition coefficient (Wildman–Crippen LogP) is 2.57. The minimum atomic E-state index is -0.0378. The lowest BCUT2D eigenvalue weighted by Gasteiger charge is -2.16. The SMILES string of the molecule is Cc1cc(C)n(C[C@H](C)NC(=O)Cn2ccnc2-c2ccccc2)n1. The van der Waals surface area contributed by atoms with Crippen LogP contribution in [0.2, 0.25) is 0 Å². The van der Waals surface area contributed by atoms with Gasteiger partial charge in [0.2, 0.25) is 5.91 Å². The minimum absolute atomic E-state index is 0.00537. The number of nitrogens with zero attached hydrogens (tertiary/aromatic N) is 4. The highest BCUT2D eigenvalue weighted by Crippen LogP contribution is 2.16. The average Bonchev–Trinajstić information content (AvgIpc) is 3.14. The zero-order valence-electron chi connectivity index (χ0n) is 14.8. The van der Waals surface area contributed by atoms with Crippen molar-refractivity contribution in [2.75, 3.05) is 0 Å². The Bertz CT molecular complexity index is 850. The average molecular weight is 337 g/mol. The van der Waals surface area contributed by atoms with Crippen LogP contribution in [0.15, 0.2) is 48.8 Å². The third-order valence-electron chi connectivity index (χ3n) is 4.02. The van der Waals surface area contributed by atoms with E-state index >= 15 is 0 Å². The van der Waals surface area contributed by atoms with Crippen LogP contribution in [0.1, 0.15) is 18.3 Å². The Morgan fingerprint density at radius 3 is 2.68 bits per heavy atom. The summed E-state index contributed by atoms with van der Waals surface area (Å²) in [5.74, 6) is 0.756. The molecule has 2 aromatic heterocycles. The molecule has 0 aliphatic rings. The number of aryl methyl sites for hydroxylation is 2. The Balaban J connectivity index is 1.62. The van der Waals surface area contributed by atoms with E-state index in [1.165, 1.54) is 0 Å². The van der Waals surface area contributed by atoms with Crippen LogP contribution in [0.3, 0.4) is 0 Å². The van der Waals surface area contributed by atoms with Gasteiger partial charge in [-0.1, -0.05) is 30.3 Å². The quantitative estimate of drug-likeness (QED) is 0.752. The van der Waals surface area contributed by atoms with Gasteiger partial charge >= 0.3 is 0 Å². The van der Waals surface area contributed by atoms with Crippen molar-refractivity contribution in [3.8, 4) is 11.4 Å². The number of carbonyl (C=O) groups is 1. The molecule has 1 N–H and O–H groups in total. The highest BCUT2D eigenvalue weighted by molar-refractivity contribution is 5.76. The van der Waals surface area contributed by atoms with Crippen LogP contribution < -0.4 is 5.32 Å². The number of amides is 1. The van der Waals surface area contributed by atoms with Crippen LogP contribution in [0.25, 0.3) is 11.4 Å². The Hall–Kier alpha value is -2.89. The van der Waals surface area contributed by atoms with Crippen LogP contribution in [0.4, 0.5) is 0 Å². The second-order valence-electron chi connectivity index (χ2n) is 6.32. The Labute approximate surface area is 147 Å². The van der Waals surface area contributed by atoms with E-state index in [0.29, 0.717) is 6.54 Å². The summed E-state index contributed by atoms with van der Waals surface area (Å²) >= 11 is 0. The second-order valence-corrected chi connectivity index (χ2v) is 6.32. The van der Waals surface area contributed by atoms with E-state index in [4.69, 9.17) is 0 Å². The van der Waals surface area contributed by atoms with Gasteiger partial charge in [0, 0.05) is 29.7 Å². The third-order valence-corrected chi connectivity index (χ3v) is 4.02. The first-order valence-corrected chi connectivity index (χ1v) is 8.40. The summed E-state index contributed by atoms with van der Waals surface area (Å²) in [5, 5.41) is 7.47. The highest BCUT2D eigenvalue weighted by atomic mass is 16.2. The molecule has 2 heterocycles. The van der Waals surface area contributed by atoms with Crippen molar-refractivity contribution in [3.05, 3.63) is 60.2 Å². The molecule has 130 valence electrons. The van der Waals surface area contributed by atoms with E-state index in [1.807, 2.05) is 72.6 Å². The molecule has 3 rings (SSSR count). The molecule has 6 heteroatoms. The monoisotopic (exact) mass is 337 g/mol. The van der Waals surface area contributed by atoms with Gasteiger partial charge in [-0.05, 0) is 26.8 Å². The van der Waals surface area contributed by atoms with E-state index in [1.54, 1.807) is 6.20 Å². The molecule has 25 heavy (non-hydrogen) atoms. The molecule has 6 nitrogen and oxygen atoms in total. The summed E-state index contributed by atoms with van der Waals surface area (Å²) in [6.45, 7) is 6.87. The van der Waals surface area contributed by atoms with Gasteiger partial charge in [-0.2, -0.15) is 5.10 Å². The summed E-state index contributed by atoms with van der Waals surface area (Å²) < 4.78 is 3.79. The summed E-state index contributed by atoms with van der Waals surface area (Å²) in [4.78, 5) is 16.8. The van der Waals surface area contributed by atoms with E-state index in [-0.39, 0.29) is 18.5 Å². The van der Waals surface area contributed by atoms with Gasteiger partial charge in [0.1, 0.15) is 12.4 Å². The normalized spacial score (nSPS) is 12.1. The van der Waals surface area contributed by atoms with Crippen LogP contribution in [0.5, 0.6) is 0 Å². The van der Waals surface area contributed by atoms with Crippen molar-refractivity contribution < 1.29 is 4.79 Å². The zero-order chi connectivity index (χ0) is 17.8. The predicted molar refractivity (Wildman–Crippen MR) is 97.0 cm³/mol. The Morgan fingerprint density at radius 2 is 2.00 bits per heavy atom. The van der Waals surface area contributed by atoms with Crippen LogP contribution in [-0.4, -0.2) is 31.3 Å². The first-order valence-electron chi connectivity index (χ1n) is 8.40. The number of hydrogen-bond acceptors (Lipinski definition) is 3. The summed E-state index contributed by atoms with van der Waals surface area (Å²) in [6.07, 6.45) is 3.54. The van der Waals surface area contributed by atoms with Crippen molar-refractivity contribution >= 4 is 5.91 Å². The van der Waals surface area contributed by atoms with E-state index in [2.05, 4.69) is 15.4 Å². The number of aromatic nitrogens is 4. The molecule has 1 atom stereocenters. The summed E-state index contributed by atoms with van der Waals surface area (Å²) in [6, 6.07) is 11.9. The van der Waals surface area contributed by atoms with Crippen LogP contribution >= 0.6 is 0 Å². The molecule has 0 radical (unpaired) electrons. The van der Waals surface area contributed by atoms with Gasteiger partial charge in [0.15, 0.2) is 0 Å². The molecular weight excluding hydrogens is 314 g/mol. The van der Waals surface area contributed by atoms with Crippen molar-refractivity contribution in [1.82, 2.24) is 24.6 Å². The molecular formula is C19H23N5O. The molecule has 0 saturated heterocycles. The topological polar surface area (TPSA) is 64.7 Å². The lowest BCUT2D eigenvalue weighted by atomic mass is 10.2. The maximum Gasteiger partial charge on any atom is 0.240 e. The van der Waals surface area contributed by atoms with Gasteiger partial charge in [-0.3, -0.25) is 9.48 Å². The maximum atomic E-state index is 12.4. The number of carbonyl (C=O) groups excluding carboxylic acids is 1. The van der Waals surface area contributed by atoms with Gasteiger partial charge in [-0.25, -0.2) is 4.98 Å². The van der Waals surface area contributed by atoms with Crippen molar-refractivity contribution in [1.29, 1.82) is 0 Å². The number of nitrogens with one attached hydrogen (secondary N) is 1. The summed E-state index contributed by atoms with van der Waals surface area (Å²) in [5.41, 5.74) is 3.08. The van der Waals surface area contributed by atoms with Crippen LogP contribution in [0, 0.1) is 13.8 Å². The minimum Gasteiger partial charge on any atom is -0.350 e. The van der Waals surface area contributed by atoms with Gasteiger partial charge < -0.3 is 9.88 Å². The highest BCUT2D eigenvalue weighted by Gasteiger charge is 2.13. The third kappa shape index (κ3) is 4.15. The largest absolute Gasteiger partial charge is 0.350 e. The molecule has 1 amide bonds. The molecule has 0 saturated carbocycles. The Kier molecular flexibility index (Phi) is 4.97. The molecule has 0 bridgehead atoms. The first kappa shape index (κ1) is 17.0. The number of rotatable bonds is 6. The number of hydrogen-bond donors (Lipinski definition) is 1. The molecule has 3 aromatic rings. The lowest BCUT2D eigenvalue weighted by Crippen LogP contribution is -2.38. The fourth-order valence-corrected chi connectivity index (χ4v) is 2.92. The van der Waals surface area contributed by atoms with E-state index in [0.717, 1.165) is 22.8 Å². The number of imidazole rings is 1. The van der Waals surface area contributed by atoms with Crippen LogP contribution in [-0.2, 0) is 17.9 Å². The fraction of sp³-hybridized carbons (Fsp3) is 0.316. The molecule has 1 aromatic carbocycles. The maximum absolute atomic E-state index is 12.4. The first-order chi connectivity index (χ1) is 12.0. The van der Waals surface area contributed by atoms with Gasteiger partial charge in [-0.15, -0.1) is 0 Å². The fourth-order valence-electron chi connectivity index (χ4n) is 2.92. The van der Waals surface area contributed by atoms with Gasteiger partial charge in [0.25, 0.3) is 0 Å². The molecule has 0 unspecified atom stereocenters.